The van der Waals surface area contributed by atoms with Crippen molar-refractivity contribution in [3.63, 3.8) is 0 Å². The maximum Gasteiger partial charge on any atom is 0.184 e. The van der Waals surface area contributed by atoms with Crippen LogP contribution in [0, 0.1) is 40.6 Å². The first kappa shape index (κ1) is 25.3. The standard InChI is InChI=1S/C28H38O5Si/c1-28(18-29)24(13-14-34(3,4)5)22(16-31-19-30-2)15-23-25(28)12-11-21-17-32-27(33-26(21)23)20-9-7-6-8-10-20/h6-10,15,18,21,23-27H,11-12,16-17,19H2,1-5H3/t21-,23-,24+,25+,26-,27-,28+/m1/s1. The summed E-state index contributed by atoms with van der Waals surface area (Å²) in [5.41, 5.74) is 5.05. The summed E-state index contributed by atoms with van der Waals surface area (Å²) in [5.74, 6) is 4.00. The molecule has 0 spiro atoms. The maximum absolute atomic E-state index is 12.8. The fraction of sp³-hybridized carbons (Fsp3) is 0.607. The number of rotatable bonds is 6. The van der Waals surface area contributed by atoms with Crippen LogP contribution in [0.3, 0.4) is 0 Å². The van der Waals surface area contributed by atoms with Gasteiger partial charge in [-0.15, -0.1) is 11.5 Å². The second-order valence-electron chi connectivity index (χ2n) is 11.1. The molecule has 184 valence electrons. The third-order valence-electron chi connectivity index (χ3n) is 7.48. The molecule has 0 amide bonds. The van der Waals surface area contributed by atoms with Gasteiger partial charge in [0.1, 0.15) is 21.2 Å². The zero-order valence-electron chi connectivity index (χ0n) is 21.1. The smallest absolute Gasteiger partial charge is 0.184 e. The van der Waals surface area contributed by atoms with Crippen LogP contribution >= 0.6 is 0 Å². The van der Waals surface area contributed by atoms with Crippen molar-refractivity contribution in [2.75, 3.05) is 27.1 Å². The average Bonchev–Trinajstić information content (AvgIpc) is 2.83. The molecule has 7 atom stereocenters. The summed E-state index contributed by atoms with van der Waals surface area (Å²) in [5, 5.41) is 0. The zero-order chi connectivity index (χ0) is 24.3. The molecule has 5 nitrogen and oxygen atoms in total. The molecule has 0 aromatic heterocycles. The van der Waals surface area contributed by atoms with Crippen LogP contribution in [0.15, 0.2) is 42.0 Å². The van der Waals surface area contributed by atoms with Crippen molar-refractivity contribution < 1.29 is 23.7 Å². The number of carbonyl (C=O) groups excluding carboxylic acids is 1. The van der Waals surface area contributed by atoms with Gasteiger partial charge in [-0.1, -0.05) is 63.0 Å². The summed E-state index contributed by atoms with van der Waals surface area (Å²) in [7, 11) is 0.00628. The van der Waals surface area contributed by atoms with Crippen molar-refractivity contribution in [3.8, 4) is 11.5 Å². The van der Waals surface area contributed by atoms with Crippen LogP contribution in [0.5, 0.6) is 0 Å². The Balaban J connectivity index is 1.70. The third-order valence-corrected chi connectivity index (χ3v) is 8.38. The van der Waals surface area contributed by atoms with E-state index in [0.29, 0.717) is 19.1 Å². The van der Waals surface area contributed by atoms with E-state index in [0.717, 1.165) is 30.3 Å². The molecule has 3 aliphatic rings. The first-order valence-electron chi connectivity index (χ1n) is 12.3. The summed E-state index contributed by atoms with van der Waals surface area (Å²) in [6.07, 6.45) is 5.06. The van der Waals surface area contributed by atoms with Gasteiger partial charge in [-0.05, 0) is 24.3 Å². The highest BCUT2D eigenvalue weighted by molar-refractivity contribution is 6.83. The minimum absolute atomic E-state index is 0.000284. The van der Waals surface area contributed by atoms with E-state index in [9.17, 15) is 4.79 Å². The number of benzene rings is 1. The van der Waals surface area contributed by atoms with Crippen molar-refractivity contribution in [1.82, 2.24) is 0 Å². The number of hydrogen-bond donors (Lipinski definition) is 0. The van der Waals surface area contributed by atoms with Crippen molar-refractivity contribution in [2.45, 2.75) is 51.8 Å². The Morgan fingerprint density at radius 3 is 2.65 bits per heavy atom. The van der Waals surface area contributed by atoms with Gasteiger partial charge in [0.15, 0.2) is 6.29 Å². The van der Waals surface area contributed by atoms with E-state index in [1.165, 1.54) is 0 Å². The van der Waals surface area contributed by atoms with Crippen LogP contribution in [0.2, 0.25) is 19.6 Å². The molecular formula is C28H38O5Si. The minimum Gasteiger partial charge on any atom is -0.359 e. The topological polar surface area (TPSA) is 54.0 Å². The second-order valence-corrected chi connectivity index (χ2v) is 15.9. The van der Waals surface area contributed by atoms with Crippen LogP contribution in [-0.4, -0.2) is 47.6 Å². The van der Waals surface area contributed by atoms with E-state index in [-0.39, 0.29) is 36.9 Å². The number of ether oxygens (including phenoxy) is 4. The molecule has 2 aliphatic carbocycles. The summed E-state index contributed by atoms with van der Waals surface area (Å²) >= 11 is 0. The van der Waals surface area contributed by atoms with Gasteiger partial charge in [0.2, 0.25) is 0 Å². The van der Waals surface area contributed by atoms with E-state index >= 15 is 0 Å². The molecule has 2 fully saturated rings. The van der Waals surface area contributed by atoms with Gasteiger partial charge < -0.3 is 23.7 Å². The molecular weight excluding hydrogens is 444 g/mol. The SMILES string of the molecule is COCOCC1=C[C@H]2[C@@H]3O[C@H](c4ccccc4)OC[C@H]3CC[C@@H]2[C@@](C)(C=O)[C@H]1C#C[Si](C)(C)C. The minimum atomic E-state index is -1.61. The molecule has 1 saturated carbocycles. The maximum atomic E-state index is 12.8. The molecule has 0 N–H and O–H groups in total. The first-order chi connectivity index (χ1) is 16.3. The lowest BCUT2D eigenvalue weighted by molar-refractivity contribution is -0.267. The van der Waals surface area contributed by atoms with E-state index in [2.05, 4.69) is 44.1 Å². The van der Waals surface area contributed by atoms with E-state index in [1.807, 2.05) is 30.3 Å². The summed E-state index contributed by atoms with van der Waals surface area (Å²) in [4.78, 5) is 12.8. The van der Waals surface area contributed by atoms with Gasteiger partial charge in [0, 0.05) is 29.9 Å². The van der Waals surface area contributed by atoms with E-state index < -0.39 is 13.5 Å². The number of aldehydes is 1. The van der Waals surface area contributed by atoms with E-state index in [1.54, 1.807) is 7.11 Å². The van der Waals surface area contributed by atoms with Gasteiger partial charge in [0.25, 0.3) is 0 Å². The number of carbonyl (C=O) groups is 1. The highest BCUT2D eigenvalue weighted by Crippen LogP contribution is 2.55. The van der Waals surface area contributed by atoms with Gasteiger partial charge >= 0.3 is 0 Å². The molecule has 0 radical (unpaired) electrons. The largest absolute Gasteiger partial charge is 0.359 e. The molecule has 0 unspecified atom stereocenters. The summed E-state index contributed by atoms with van der Waals surface area (Å²) in [6, 6.07) is 10.1. The van der Waals surface area contributed by atoms with Crippen molar-refractivity contribution in [2.24, 2.45) is 29.1 Å². The lowest BCUT2D eigenvalue weighted by atomic mass is 9.53. The molecule has 34 heavy (non-hydrogen) atoms. The predicted octanol–water partition coefficient (Wildman–Crippen LogP) is 5.01. The molecule has 0 bridgehead atoms. The Morgan fingerprint density at radius 2 is 1.97 bits per heavy atom. The van der Waals surface area contributed by atoms with Gasteiger partial charge in [-0.2, -0.15) is 0 Å². The summed E-state index contributed by atoms with van der Waals surface area (Å²) in [6.45, 7) is 10.1. The first-order valence-corrected chi connectivity index (χ1v) is 15.8. The highest BCUT2D eigenvalue weighted by Gasteiger charge is 2.55. The zero-order valence-corrected chi connectivity index (χ0v) is 22.1. The Labute approximate surface area is 205 Å². The van der Waals surface area contributed by atoms with Crippen LogP contribution in [0.4, 0.5) is 0 Å². The van der Waals surface area contributed by atoms with Crippen LogP contribution in [-0.2, 0) is 23.7 Å². The Bertz CT molecular complexity index is 943. The molecule has 4 rings (SSSR count). The average molecular weight is 483 g/mol. The molecule has 1 aromatic rings. The third kappa shape index (κ3) is 5.24. The second kappa shape index (κ2) is 10.5. The Morgan fingerprint density at radius 1 is 1.21 bits per heavy atom. The fourth-order valence-corrected chi connectivity index (χ4v) is 6.39. The number of fused-ring (bicyclic) bond motifs is 3. The van der Waals surface area contributed by atoms with Crippen molar-refractivity contribution in [1.29, 1.82) is 0 Å². The Kier molecular flexibility index (Phi) is 7.81. The molecule has 1 saturated heterocycles. The molecule has 1 aromatic carbocycles. The number of methoxy groups -OCH3 is 1. The van der Waals surface area contributed by atoms with Crippen LogP contribution < -0.4 is 0 Å². The lowest BCUT2D eigenvalue weighted by Crippen LogP contribution is -2.54. The Hall–Kier alpha value is -1.75. The van der Waals surface area contributed by atoms with Gasteiger partial charge in [0.05, 0.1) is 25.2 Å². The molecule has 1 aliphatic heterocycles. The van der Waals surface area contributed by atoms with Gasteiger partial charge in [-0.3, -0.25) is 0 Å². The van der Waals surface area contributed by atoms with Crippen molar-refractivity contribution in [3.05, 3.63) is 47.5 Å². The lowest BCUT2D eigenvalue weighted by Gasteiger charge is -2.54. The quantitative estimate of drug-likeness (QED) is 0.143. The molecule has 6 heteroatoms. The monoisotopic (exact) mass is 482 g/mol. The van der Waals surface area contributed by atoms with E-state index in [4.69, 9.17) is 18.9 Å². The normalized spacial score (nSPS) is 35.3. The summed E-state index contributed by atoms with van der Waals surface area (Å²) < 4.78 is 23.7. The molecule has 1 heterocycles. The number of hydrogen-bond acceptors (Lipinski definition) is 5. The van der Waals surface area contributed by atoms with Crippen molar-refractivity contribution >= 4 is 14.4 Å². The van der Waals surface area contributed by atoms with Crippen LogP contribution in [0.1, 0.15) is 31.6 Å². The van der Waals surface area contributed by atoms with Gasteiger partial charge in [-0.25, -0.2) is 0 Å². The fourth-order valence-electron chi connectivity index (χ4n) is 5.81. The van der Waals surface area contributed by atoms with Crippen LogP contribution in [0.25, 0.3) is 0 Å². The predicted molar refractivity (Wildman–Crippen MR) is 134 cm³/mol. The highest BCUT2D eigenvalue weighted by atomic mass is 28.3.